The van der Waals surface area contributed by atoms with E-state index in [2.05, 4.69) is 5.16 Å². The van der Waals surface area contributed by atoms with Crippen LogP contribution in [0.15, 0.2) is 45.9 Å². The van der Waals surface area contributed by atoms with Crippen molar-refractivity contribution in [3.05, 3.63) is 42.3 Å². The Hall–Kier alpha value is -2.92. The van der Waals surface area contributed by atoms with E-state index >= 15 is 0 Å². The van der Waals surface area contributed by atoms with Gasteiger partial charge < -0.3 is 19.1 Å². The Labute approximate surface area is 180 Å². The molecule has 4 rings (SSSR count). The molecule has 31 heavy (non-hydrogen) atoms. The molecule has 0 aliphatic carbocycles. The van der Waals surface area contributed by atoms with Crippen molar-refractivity contribution in [2.24, 2.45) is 0 Å². The van der Waals surface area contributed by atoms with Crippen molar-refractivity contribution in [2.45, 2.75) is 29.9 Å². The van der Waals surface area contributed by atoms with Crippen LogP contribution in [0.5, 0.6) is 5.75 Å². The van der Waals surface area contributed by atoms with Crippen molar-refractivity contribution in [3.8, 4) is 5.75 Å². The lowest BCUT2D eigenvalue weighted by molar-refractivity contribution is -0.129. The Morgan fingerprint density at radius 1 is 1.16 bits per heavy atom. The standard InChI is InChI=1S/C20H24N4O6S/c1-22(2)19(25)13-24-14-8-11-23(20(26)17-7-10-21-30-17)12-9-15(14)29-16-5-3-4-6-18(16)31(24,27)28/h3-7,10,14-15H,8-9,11-13H2,1-2H3/t14-,15-/m1/s1. The number of nitrogens with zero attached hydrogens (tertiary/aromatic N) is 4. The summed E-state index contributed by atoms with van der Waals surface area (Å²) < 4.78 is 39.4. The number of sulfonamides is 1. The minimum atomic E-state index is -3.99. The summed E-state index contributed by atoms with van der Waals surface area (Å²) in [5.41, 5.74) is 0. The van der Waals surface area contributed by atoms with Crippen molar-refractivity contribution in [3.63, 3.8) is 0 Å². The van der Waals surface area contributed by atoms with E-state index < -0.39 is 22.2 Å². The number of likely N-dealkylation sites (tertiary alicyclic amines) is 1. The Kier molecular flexibility index (Phi) is 5.71. The number of hydrogen-bond acceptors (Lipinski definition) is 7. The van der Waals surface area contributed by atoms with Crippen LogP contribution in [0.2, 0.25) is 0 Å². The number of hydrogen-bond donors (Lipinski definition) is 0. The number of amides is 2. The summed E-state index contributed by atoms with van der Waals surface area (Å²) in [7, 11) is -0.821. The van der Waals surface area contributed by atoms with E-state index in [0.717, 1.165) is 0 Å². The van der Waals surface area contributed by atoms with Crippen LogP contribution in [-0.4, -0.2) is 85.4 Å². The fraction of sp³-hybridized carbons (Fsp3) is 0.450. The highest BCUT2D eigenvalue weighted by Crippen LogP contribution is 2.36. The molecule has 1 aromatic heterocycles. The third-order valence-electron chi connectivity index (χ3n) is 5.62. The maximum Gasteiger partial charge on any atom is 0.292 e. The van der Waals surface area contributed by atoms with E-state index in [0.29, 0.717) is 25.9 Å². The molecule has 0 unspecified atom stereocenters. The molecule has 3 heterocycles. The first kappa shape index (κ1) is 21.3. The Bertz CT molecular complexity index is 1070. The van der Waals surface area contributed by atoms with E-state index in [1.807, 2.05) is 0 Å². The summed E-state index contributed by atoms with van der Waals surface area (Å²) >= 11 is 0. The van der Waals surface area contributed by atoms with Gasteiger partial charge in [0.05, 0.1) is 18.8 Å². The van der Waals surface area contributed by atoms with Gasteiger partial charge in [-0.05, 0) is 18.6 Å². The molecule has 10 nitrogen and oxygen atoms in total. The number of carbonyl (C=O) groups is 2. The fourth-order valence-corrected chi connectivity index (χ4v) is 5.67. The minimum Gasteiger partial charge on any atom is -0.487 e. The molecule has 166 valence electrons. The number of ether oxygens (including phenoxy) is 1. The van der Waals surface area contributed by atoms with Crippen LogP contribution in [0, 0.1) is 0 Å². The van der Waals surface area contributed by atoms with E-state index in [4.69, 9.17) is 9.26 Å². The maximum absolute atomic E-state index is 13.5. The number of aromatic nitrogens is 1. The van der Waals surface area contributed by atoms with Crippen LogP contribution < -0.4 is 4.74 Å². The average Bonchev–Trinajstić information content (AvgIpc) is 3.18. The molecular formula is C20H24N4O6S. The third kappa shape index (κ3) is 4.02. The van der Waals surface area contributed by atoms with Gasteiger partial charge in [-0.3, -0.25) is 9.59 Å². The minimum absolute atomic E-state index is 0.0456. The summed E-state index contributed by atoms with van der Waals surface area (Å²) in [5, 5.41) is 3.57. The maximum atomic E-state index is 13.5. The van der Waals surface area contributed by atoms with Crippen LogP contribution >= 0.6 is 0 Å². The summed E-state index contributed by atoms with van der Waals surface area (Å²) in [6.45, 7) is 0.352. The van der Waals surface area contributed by atoms with Gasteiger partial charge >= 0.3 is 0 Å². The van der Waals surface area contributed by atoms with Crippen molar-refractivity contribution in [2.75, 3.05) is 33.7 Å². The number of likely N-dealkylation sites (N-methyl/N-ethyl adjacent to an activating group) is 1. The third-order valence-corrected chi connectivity index (χ3v) is 7.53. The van der Waals surface area contributed by atoms with Gasteiger partial charge in [-0.2, -0.15) is 4.31 Å². The van der Waals surface area contributed by atoms with Crippen molar-refractivity contribution >= 4 is 21.8 Å². The highest BCUT2D eigenvalue weighted by molar-refractivity contribution is 7.89. The summed E-state index contributed by atoms with van der Waals surface area (Å²) in [6, 6.07) is 7.33. The first-order valence-corrected chi connectivity index (χ1v) is 11.4. The van der Waals surface area contributed by atoms with E-state index in [9.17, 15) is 18.0 Å². The lowest BCUT2D eigenvalue weighted by Gasteiger charge is -2.31. The molecule has 2 atom stereocenters. The zero-order valence-electron chi connectivity index (χ0n) is 17.3. The van der Waals surface area contributed by atoms with Gasteiger partial charge in [0, 0.05) is 39.7 Å². The molecule has 2 aliphatic heterocycles. The second-order valence-electron chi connectivity index (χ2n) is 7.76. The van der Waals surface area contributed by atoms with E-state index in [1.165, 1.54) is 27.5 Å². The molecule has 2 aromatic rings. The number of carbonyl (C=O) groups excluding carboxylic acids is 2. The molecule has 0 spiro atoms. The smallest absolute Gasteiger partial charge is 0.292 e. The summed E-state index contributed by atoms with van der Waals surface area (Å²) in [6.07, 6.45) is 1.61. The normalized spacial score (nSPS) is 23.0. The molecule has 2 aliphatic rings. The second-order valence-corrected chi connectivity index (χ2v) is 9.61. The Morgan fingerprint density at radius 3 is 2.61 bits per heavy atom. The molecule has 0 bridgehead atoms. The molecule has 1 saturated heterocycles. The molecule has 11 heteroatoms. The van der Waals surface area contributed by atoms with Gasteiger partial charge in [0.1, 0.15) is 16.7 Å². The Morgan fingerprint density at radius 2 is 1.90 bits per heavy atom. The number of benzene rings is 1. The second kappa shape index (κ2) is 8.31. The molecule has 0 radical (unpaired) electrons. The van der Waals surface area contributed by atoms with Gasteiger partial charge in [0.15, 0.2) is 0 Å². The zero-order chi connectivity index (χ0) is 22.2. The summed E-state index contributed by atoms with van der Waals surface area (Å²) in [4.78, 5) is 28.2. The molecule has 1 aromatic carbocycles. The molecule has 2 amide bonds. The largest absolute Gasteiger partial charge is 0.487 e. The van der Waals surface area contributed by atoms with Gasteiger partial charge in [-0.1, -0.05) is 17.3 Å². The lowest BCUT2D eigenvalue weighted by atomic mass is 10.1. The molecular weight excluding hydrogens is 424 g/mol. The molecule has 1 fully saturated rings. The highest BCUT2D eigenvalue weighted by Gasteiger charge is 2.44. The van der Waals surface area contributed by atoms with Gasteiger partial charge in [0.25, 0.3) is 5.91 Å². The highest BCUT2D eigenvalue weighted by atomic mass is 32.2. The molecule has 0 N–H and O–H groups in total. The number of rotatable bonds is 3. The van der Waals surface area contributed by atoms with Crippen LogP contribution in [0.1, 0.15) is 23.4 Å². The van der Waals surface area contributed by atoms with Crippen molar-refractivity contribution in [1.82, 2.24) is 19.3 Å². The van der Waals surface area contributed by atoms with Crippen LogP contribution in [0.25, 0.3) is 0 Å². The van der Waals surface area contributed by atoms with Gasteiger partial charge in [-0.15, -0.1) is 0 Å². The Balaban J connectivity index is 1.69. The number of fused-ring (bicyclic) bond motifs is 2. The van der Waals surface area contributed by atoms with Gasteiger partial charge in [0.2, 0.25) is 21.7 Å². The topological polar surface area (TPSA) is 113 Å². The van der Waals surface area contributed by atoms with Crippen molar-refractivity contribution < 1.29 is 27.3 Å². The predicted octanol–water partition coefficient (Wildman–Crippen LogP) is 0.819. The van der Waals surface area contributed by atoms with Crippen LogP contribution in [-0.2, 0) is 14.8 Å². The van der Waals surface area contributed by atoms with E-state index in [1.54, 1.807) is 37.2 Å². The number of para-hydroxylation sites is 1. The average molecular weight is 449 g/mol. The monoisotopic (exact) mass is 448 g/mol. The van der Waals surface area contributed by atoms with E-state index in [-0.39, 0.29) is 34.8 Å². The lowest BCUT2D eigenvalue weighted by Crippen LogP contribution is -2.50. The fourth-order valence-electron chi connectivity index (χ4n) is 3.92. The quantitative estimate of drug-likeness (QED) is 0.683. The van der Waals surface area contributed by atoms with Crippen molar-refractivity contribution in [1.29, 1.82) is 0 Å². The first-order chi connectivity index (χ1) is 14.8. The predicted molar refractivity (Wildman–Crippen MR) is 109 cm³/mol. The SMILES string of the molecule is CN(C)C(=O)CN1[C@@H]2CCN(C(=O)c3ccno3)CC[C@H]2Oc2ccccc2S1(=O)=O. The van der Waals surface area contributed by atoms with Gasteiger partial charge in [-0.25, -0.2) is 8.42 Å². The molecule has 0 saturated carbocycles. The van der Waals surface area contributed by atoms with Crippen LogP contribution in [0.3, 0.4) is 0 Å². The first-order valence-electron chi connectivity index (χ1n) is 9.96. The summed E-state index contributed by atoms with van der Waals surface area (Å²) in [5.74, 6) is -0.262. The zero-order valence-corrected chi connectivity index (χ0v) is 18.1. The van der Waals surface area contributed by atoms with Crippen LogP contribution in [0.4, 0.5) is 0 Å².